The third kappa shape index (κ3) is 3.99. The highest BCUT2D eigenvalue weighted by Crippen LogP contribution is 2.29. The molecular formula is C19H14ClFN4OS2. The Bertz CT molecular complexity index is 1150. The van der Waals surface area contributed by atoms with Gasteiger partial charge in [0.2, 0.25) is 0 Å². The largest absolute Gasteiger partial charge is 0.380 e. The molecule has 0 spiro atoms. The molecule has 0 radical (unpaired) electrons. The molecule has 0 bridgehead atoms. The lowest BCUT2D eigenvalue weighted by Gasteiger charge is -2.12. The van der Waals surface area contributed by atoms with Gasteiger partial charge in [0.05, 0.1) is 15.6 Å². The molecule has 0 aliphatic rings. The summed E-state index contributed by atoms with van der Waals surface area (Å²) in [6.45, 7) is 0.446. The van der Waals surface area contributed by atoms with Gasteiger partial charge in [-0.1, -0.05) is 29.8 Å². The second kappa shape index (κ2) is 8.22. The number of anilines is 2. The first-order chi connectivity index (χ1) is 13.6. The van der Waals surface area contributed by atoms with Crippen LogP contribution in [0.3, 0.4) is 0 Å². The molecule has 4 rings (SSSR count). The number of rotatable bonds is 6. The van der Waals surface area contributed by atoms with E-state index >= 15 is 0 Å². The number of nitrogens with zero attached hydrogens (tertiary/aromatic N) is 2. The molecule has 1 atom stereocenters. The Morgan fingerprint density at radius 3 is 2.93 bits per heavy atom. The van der Waals surface area contributed by atoms with Crippen molar-refractivity contribution in [2.45, 2.75) is 11.4 Å². The molecule has 0 saturated heterocycles. The predicted molar refractivity (Wildman–Crippen MR) is 113 cm³/mol. The van der Waals surface area contributed by atoms with Gasteiger partial charge in [-0.05, 0) is 29.1 Å². The molecule has 142 valence electrons. The van der Waals surface area contributed by atoms with E-state index in [1.165, 1.54) is 23.5 Å². The number of aromatic nitrogens is 2. The summed E-state index contributed by atoms with van der Waals surface area (Å²) in [5, 5.41) is 7.69. The molecule has 1 unspecified atom stereocenters. The fourth-order valence-electron chi connectivity index (χ4n) is 2.74. The molecule has 0 aliphatic heterocycles. The minimum Gasteiger partial charge on any atom is -0.380 e. The van der Waals surface area contributed by atoms with Crippen LogP contribution in [0.4, 0.5) is 15.2 Å². The van der Waals surface area contributed by atoms with Crippen molar-refractivity contribution in [2.75, 3.05) is 10.0 Å². The van der Waals surface area contributed by atoms with Crippen molar-refractivity contribution in [3.63, 3.8) is 0 Å². The van der Waals surface area contributed by atoms with E-state index in [1.807, 2.05) is 24.3 Å². The van der Waals surface area contributed by atoms with E-state index in [0.29, 0.717) is 17.4 Å². The Hall–Kier alpha value is -2.55. The fourth-order valence-corrected chi connectivity index (χ4v) is 4.60. The number of halogens is 2. The van der Waals surface area contributed by atoms with Gasteiger partial charge >= 0.3 is 0 Å². The predicted octanol–water partition coefficient (Wildman–Crippen LogP) is 5.23. The molecule has 0 aliphatic carbocycles. The van der Waals surface area contributed by atoms with E-state index in [2.05, 4.69) is 20.0 Å². The van der Waals surface area contributed by atoms with Gasteiger partial charge in [-0.2, -0.15) is 0 Å². The quantitative estimate of drug-likeness (QED) is 0.437. The van der Waals surface area contributed by atoms with Gasteiger partial charge in [0.1, 0.15) is 5.82 Å². The maximum atomic E-state index is 14.5. The number of pyridine rings is 1. The monoisotopic (exact) mass is 432 g/mol. The topological polar surface area (TPSA) is 66.9 Å². The van der Waals surface area contributed by atoms with Crippen LogP contribution in [0.1, 0.15) is 5.56 Å². The molecule has 2 aromatic carbocycles. The van der Waals surface area contributed by atoms with Crippen LogP contribution in [0.15, 0.2) is 65.3 Å². The molecule has 28 heavy (non-hydrogen) atoms. The van der Waals surface area contributed by atoms with Gasteiger partial charge in [-0.15, -0.1) is 11.3 Å². The van der Waals surface area contributed by atoms with Crippen molar-refractivity contribution in [1.29, 1.82) is 0 Å². The number of thiazole rings is 1. The highest BCUT2D eigenvalue weighted by molar-refractivity contribution is 7.86. The van der Waals surface area contributed by atoms with Crippen LogP contribution >= 0.6 is 22.9 Å². The number of hydrogen-bond acceptors (Lipinski definition) is 5. The van der Waals surface area contributed by atoms with Crippen molar-refractivity contribution in [3.05, 3.63) is 76.8 Å². The molecule has 9 heteroatoms. The lowest BCUT2D eigenvalue weighted by molar-refractivity contribution is 0.596. The van der Waals surface area contributed by atoms with Crippen LogP contribution in [0.5, 0.6) is 0 Å². The van der Waals surface area contributed by atoms with Gasteiger partial charge in [0.15, 0.2) is 16.1 Å². The van der Waals surface area contributed by atoms with Gasteiger partial charge in [-0.3, -0.25) is 9.71 Å². The van der Waals surface area contributed by atoms with E-state index in [1.54, 1.807) is 24.0 Å². The van der Waals surface area contributed by atoms with Gasteiger partial charge in [-0.25, -0.2) is 13.6 Å². The van der Waals surface area contributed by atoms with Crippen molar-refractivity contribution >= 4 is 55.5 Å². The zero-order valence-electron chi connectivity index (χ0n) is 14.4. The second-order valence-corrected chi connectivity index (χ2v) is 8.32. The first kappa shape index (κ1) is 18.8. The molecule has 0 fully saturated rings. The van der Waals surface area contributed by atoms with Crippen LogP contribution in [-0.4, -0.2) is 14.2 Å². The first-order valence-electron chi connectivity index (χ1n) is 8.24. The lowest BCUT2D eigenvalue weighted by atomic mass is 10.1. The number of hydrogen-bond donors (Lipinski definition) is 2. The minimum atomic E-state index is -1.80. The summed E-state index contributed by atoms with van der Waals surface area (Å²) in [6.07, 6.45) is 5.11. The van der Waals surface area contributed by atoms with Crippen LogP contribution in [0, 0.1) is 5.82 Å². The van der Waals surface area contributed by atoms with Crippen LogP contribution in [-0.2, 0) is 17.5 Å². The van der Waals surface area contributed by atoms with Gasteiger partial charge in [0.25, 0.3) is 0 Å². The average Bonchev–Trinajstić information content (AvgIpc) is 3.21. The Balaban J connectivity index is 1.54. The number of nitrogens with one attached hydrogen (secondary N) is 2. The van der Waals surface area contributed by atoms with Gasteiger partial charge < -0.3 is 5.32 Å². The Labute approximate surface area is 172 Å². The van der Waals surface area contributed by atoms with Crippen LogP contribution < -0.4 is 10.0 Å². The Kier molecular flexibility index (Phi) is 5.52. The van der Waals surface area contributed by atoms with E-state index < -0.39 is 16.8 Å². The van der Waals surface area contributed by atoms with Gasteiger partial charge in [0, 0.05) is 35.9 Å². The first-order valence-corrected chi connectivity index (χ1v) is 10.6. The zero-order chi connectivity index (χ0) is 19.5. The SMILES string of the molecule is O=S(Nc1nccs1)c1cc(Cl)c(NCc2cccc3ccncc23)cc1F. The van der Waals surface area contributed by atoms with Crippen LogP contribution in [0.2, 0.25) is 5.02 Å². The van der Waals surface area contributed by atoms with Crippen molar-refractivity contribution in [3.8, 4) is 0 Å². The van der Waals surface area contributed by atoms with Crippen molar-refractivity contribution in [2.24, 2.45) is 0 Å². The average molecular weight is 433 g/mol. The lowest BCUT2D eigenvalue weighted by Crippen LogP contribution is -2.08. The summed E-state index contributed by atoms with van der Waals surface area (Å²) in [7, 11) is -1.80. The number of fused-ring (bicyclic) bond motifs is 1. The molecule has 2 aromatic heterocycles. The molecule has 5 nitrogen and oxygen atoms in total. The summed E-state index contributed by atoms with van der Waals surface area (Å²) >= 11 is 7.57. The number of benzene rings is 2. The zero-order valence-corrected chi connectivity index (χ0v) is 16.7. The summed E-state index contributed by atoms with van der Waals surface area (Å²) in [5.41, 5.74) is 1.44. The van der Waals surface area contributed by atoms with E-state index in [9.17, 15) is 8.60 Å². The van der Waals surface area contributed by atoms with Crippen molar-refractivity contribution < 1.29 is 8.60 Å². The van der Waals surface area contributed by atoms with Crippen LogP contribution in [0.25, 0.3) is 10.8 Å². The minimum absolute atomic E-state index is 0.0277. The highest BCUT2D eigenvalue weighted by Gasteiger charge is 2.15. The summed E-state index contributed by atoms with van der Waals surface area (Å²) in [6, 6.07) is 10.5. The smallest absolute Gasteiger partial charge is 0.194 e. The Morgan fingerprint density at radius 2 is 2.11 bits per heavy atom. The van der Waals surface area contributed by atoms with E-state index in [0.717, 1.165) is 16.3 Å². The summed E-state index contributed by atoms with van der Waals surface area (Å²) in [4.78, 5) is 8.12. The normalized spacial score (nSPS) is 12.1. The fraction of sp³-hybridized carbons (Fsp3) is 0.0526. The van der Waals surface area contributed by atoms with Crippen molar-refractivity contribution in [1.82, 2.24) is 9.97 Å². The molecule has 0 saturated carbocycles. The molecule has 2 heterocycles. The maximum absolute atomic E-state index is 14.5. The molecule has 0 amide bonds. The van der Waals surface area contributed by atoms with E-state index in [-0.39, 0.29) is 9.92 Å². The molecule has 2 N–H and O–H groups in total. The summed E-state index contributed by atoms with van der Waals surface area (Å²) < 4.78 is 29.5. The maximum Gasteiger partial charge on any atom is 0.194 e. The summed E-state index contributed by atoms with van der Waals surface area (Å²) in [5.74, 6) is -0.617. The highest BCUT2D eigenvalue weighted by atomic mass is 35.5. The second-order valence-electron chi connectivity index (χ2n) is 5.84. The Morgan fingerprint density at radius 1 is 1.21 bits per heavy atom. The third-order valence-electron chi connectivity index (χ3n) is 4.08. The molecular weight excluding hydrogens is 419 g/mol. The third-order valence-corrected chi connectivity index (χ3v) is 6.30. The molecule has 4 aromatic rings. The standard InChI is InChI=1S/C19H14ClFN4OS2/c20-15-8-18(28(26)25-19-23-6-7-27-19)16(21)9-17(15)24-10-13-3-1-2-12-4-5-22-11-14(12)13/h1-9,11,24H,10H2,(H,23,25). The van der Waals surface area contributed by atoms with E-state index in [4.69, 9.17) is 11.6 Å².